The van der Waals surface area contributed by atoms with Gasteiger partial charge in [0.05, 0.1) is 23.0 Å². The van der Waals surface area contributed by atoms with Crippen molar-refractivity contribution in [3.8, 4) is 11.4 Å². The molecule has 30 heavy (non-hydrogen) atoms. The van der Waals surface area contributed by atoms with Gasteiger partial charge in [-0.1, -0.05) is 26.0 Å². The lowest BCUT2D eigenvalue weighted by molar-refractivity contribution is -0.141. The molecule has 0 unspecified atom stereocenters. The number of rotatable bonds is 8. The van der Waals surface area contributed by atoms with E-state index in [0.717, 1.165) is 29.9 Å². The molecule has 5 nitrogen and oxygen atoms in total. The van der Waals surface area contributed by atoms with E-state index in [1.807, 2.05) is 31.2 Å². The summed E-state index contributed by atoms with van der Waals surface area (Å²) < 4.78 is 36.0. The minimum Gasteiger partial charge on any atom is -0.481 e. The SMILES string of the molecule is CCc1ccc(-n2nc(C)cc2COc2c(F)cc(C[C@@H](C)C(=O)O)cc2F)cc1. The van der Waals surface area contributed by atoms with Crippen LogP contribution in [0.3, 0.4) is 0 Å². The van der Waals surface area contributed by atoms with Crippen molar-refractivity contribution < 1.29 is 23.4 Å². The third kappa shape index (κ3) is 4.84. The Morgan fingerprint density at radius 1 is 1.13 bits per heavy atom. The van der Waals surface area contributed by atoms with Crippen LogP contribution in [0.25, 0.3) is 5.69 Å². The van der Waals surface area contributed by atoms with Gasteiger partial charge in [0.2, 0.25) is 0 Å². The lowest BCUT2D eigenvalue weighted by Gasteiger charge is -2.13. The second-order valence-corrected chi connectivity index (χ2v) is 7.33. The molecule has 0 saturated carbocycles. The molecule has 0 bridgehead atoms. The van der Waals surface area contributed by atoms with E-state index in [1.165, 1.54) is 12.5 Å². The molecule has 0 fully saturated rings. The monoisotopic (exact) mass is 414 g/mol. The molecule has 0 aliphatic heterocycles. The molecule has 0 spiro atoms. The number of nitrogens with zero attached hydrogens (tertiary/aromatic N) is 2. The number of carboxylic acids is 1. The van der Waals surface area contributed by atoms with Crippen molar-refractivity contribution in [2.45, 2.75) is 40.2 Å². The molecule has 1 N–H and O–H groups in total. The van der Waals surface area contributed by atoms with Crippen LogP contribution in [0.5, 0.6) is 5.75 Å². The molecular weight excluding hydrogens is 390 g/mol. The topological polar surface area (TPSA) is 64.4 Å². The third-order valence-corrected chi connectivity index (χ3v) is 4.88. The summed E-state index contributed by atoms with van der Waals surface area (Å²) in [6, 6.07) is 11.9. The summed E-state index contributed by atoms with van der Waals surface area (Å²) in [7, 11) is 0. The van der Waals surface area contributed by atoms with E-state index in [2.05, 4.69) is 12.0 Å². The number of benzene rings is 2. The van der Waals surface area contributed by atoms with Crippen molar-refractivity contribution in [3.63, 3.8) is 0 Å². The van der Waals surface area contributed by atoms with Crippen LogP contribution < -0.4 is 4.74 Å². The van der Waals surface area contributed by atoms with Gasteiger partial charge in [0.25, 0.3) is 0 Å². The second kappa shape index (κ2) is 9.07. The average Bonchev–Trinajstić information content (AvgIpc) is 3.07. The molecule has 2 aromatic carbocycles. The molecule has 3 aromatic rings. The van der Waals surface area contributed by atoms with Crippen LogP contribution in [0.4, 0.5) is 8.78 Å². The highest BCUT2D eigenvalue weighted by molar-refractivity contribution is 5.69. The first-order valence-electron chi connectivity index (χ1n) is 9.76. The lowest BCUT2D eigenvalue weighted by Crippen LogP contribution is -2.13. The van der Waals surface area contributed by atoms with E-state index >= 15 is 0 Å². The highest BCUT2D eigenvalue weighted by Crippen LogP contribution is 2.26. The molecule has 0 amide bonds. The van der Waals surface area contributed by atoms with E-state index in [4.69, 9.17) is 9.84 Å². The van der Waals surface area contributed by atoms with Crippen molar-refractivity contribution in [1.29, 1.82) is 0 Å². The highest BCUT2D eigenvalue weighted by Gasteiger charge is 2.18. The Balaban J connectivity index is 1.79. The Labute approximate surface area is 173 Å². The fraction of sp³-hybridized carbons (Fsp3) is 0.304. The summed E-state index contributed by atoms with van der Waals surface area (Å²) in [6.45, 7) is 5.32. The Hall–Kier alpha value is -3.22. The van der Waals surface area contributed by atoms with Crippen molar-refractivity contribution in [2.75, 3.05) is 0 Å². The van der Waals surface area contributed by atoms with Crippen molar-refractivity contribution in [3.05, 3.63) is 76.6 Å². The van der Waals surface area contributed by atoms with Crippen LogP contribution >= 0.6 is 0 Å². The molecule has 158 valence electrons. The number of aliphatic carboxylic acids is 1. The first kappa shape index (κ1) is 21.5. The zero-order chi connectivity index (χ0) is 21.8. The highest BCUT2D eigenvalue weighted by atomic mass is 19.1. The minimum absolute atomic E-state index is 0.0309. The molecular formula is C23H24F2N2O3. The molecule has 0 aliphatic carbocycles. The number of aromatic nitrogens is 2. The Bertz CT molecular complexity index is 1020. The maximum Gasteiger partial charge on any atom is 0.306 e. The van der Waals surface area contributed by atoms with E-state index < -0.39 is 29.3 Å². The first-order valence-corrected chi connectivity index (χ1v) is 9.76. The molecule has 3 rings (SSSR count). The summed E-state index contributed by atoms with van der Waals surface area (Å²) >= 11 is 0. The molecule has 0 aliphatic rings. The number of carbonyl (C=O) groups is 1. The van der Waals surface area contributed by atoms with Gasteiger partial charge in [0.1, 0.15) is 6.61 Å². The zero-order valence-corrected chi connectivity index (χ0v) is 17.2. The summed E-state index contributed by atoms with van der Waals surface area (Å²) in [6.07, 6.45) is 0.956. The van der Waals surface area contributed by atoms with Crippen molar-refractivity contribution >= 4 is 5.97 Å². The van der Waals surface area contributed by atoms with Gasteiger partial charge in [0.15, 0.2) is 17.4 Å². The quantitative estimate of drug-likeness (QED) is 0.572. The number of aryl methyl sites for hydroxylation is 2. The van der Waals surface area contributed by atoms with Crippen LogP contribution in [0, 0.1) is 24.5 Å². The molecule has 0 saturated heterocycles. The molecule has 1 aromatic heterocycles. The van der Waals surface area contributed by atoms with E-state index in [9.17, 15) is 13.6 Å². The summed E-state index contributed by atoms with van der Waals surface area (Å²) in [5.41, 5.74) is 3.70. The van der Waals surface area contributed by atoms with Crippen molar-refractivity contribution in [2.24, 2.45) is 5.92 Å². The molecule has 1 heterocycles. The van der Waals surface area contributed by atoms with Gasteiger partial charge in [-0.25, -0.2) is 13.5 Å². The van der Waals surface area contributed by atoms with E-state index in [1.54, 1.807) is 10.7 Å². The van der Waals surface area contributed by atoms with Crippen LogP contribution in [0.15, 0.2) is 42.5 Å². The Morgan fingerprint density at radius 3 is 2.33 bits per heavy atom. The smallest absolute Gasteiger partial charge is 0.306 e. The molecule has 0 radical (unpaired) electrons. The minimum atomic E-state index is -1.02. The Kier molecular flexibility index (Phi) is 6.50. The van der Waals surface area contributed by atoms with Gasteiger partial charge in [0, 0.05) is 0 Å². The number of halogens is 2. The van der Waals surface area contributed by atoms with Gasteiger partial charge in [-0.3, -0.25) is 4.79 Å². The number of ether oxygens (including phenoxy) is 1. The van der Waals surface area contributed by atoms with Crippen LogP contribution in [-0.4, -0.2) is 20.9 Å². The van der Waals surface area contributed by atoms with E-state index in [0.29, 0.717) is 5.69 Å². The van der Waals surface area contributed by atoms with Gasteiger partial charge < -0.3 is 9.84 Å². The summed E-state index contributed by atoms with van der Waals surface area (Å²) in [5.74, 6) is -3.98. The molecule has 1 atom stereocenters. The summed E-state index contributed by atoms with van der Waals surface area (Å²) in [4.78, 5) is 11.0. The summed E-state index contributed by atoms with van der Waals surface area (Å²) in [5, 5.41) is 13.4. The fourth-order valence-electron chi connectivity index (χ4n) is 3.21. The number of hydrogen-bond acceptors (Lipinski definition) is 3. The maximum absolute atomic E-state index is 14.4. The predicted molar refractivity (Wildman–Crippen MR) is 109 cm³/mol. The normalized spacial score (nSPS) is 12.0. The first-order chi connectivity index (χ1) is 14.3. The third-order valence-electron chi connectivity index (χ3n) is 4.88. The van der Waals surface area contributed by atoms with E-state index in [-0.39, 0.29) is 18.6 Å². The van der Waals surface area contributed by atoms with Gasteiger partial charge >= 0.3 is 5.97 Å². The average molecular weight is 414 g/mol. The molecule has 7 heteroatoms. The number of hydrogen-bond donors (Lipinski definition) is 1. The second-order valence-electron chi connectivity index (χ2n) is 7.33. The lowest BCUT2D eigenvalue weighted by atomic mass is 10.0. The predicted octanol–water partition coefficient (Wildman–Crippen LogP) is 4.86. The van der Waals surface area contributed by atoms with Gasteiger partial charge in [-0.05, 0) is 61.2 Å². The van der Waals surface area contributed by atoms with Crippen LogP contribution in [0.2, 0.25) is 0 Å². The van der Waals surface area contributed by atoms with Gasteiger partial charge in [-0.15, -0.1) is 0 Å². The van der Waals surface area contributed by atoms with Crippen LogP contribution in [-0.2, 0) is 24.2 Å². The van der Waals surface area contributed by atoms with Crippen molar-refractivity contribution in [1.82, 2.24) is 9.78 Å². The largest absolute Gasteiger partial charge is 0.481 e. The van der Waals surface area contributed by atoms with Gasteiger partial charge in [-0.2, -0.15) is 5.10 Å². The Morgan fingerprint density at radius 2 is 1.77 bits per heavy atom. The fourth-order valence-corrected chi connectivity index (χ4v) is 3.21. The zero-order valence-electron chi connectivity index (χ0n) is 17.2. The number of carboxylic acid groups (broad SMARTS) is 1. The standard InChI is InChI=1S/C23H24F2N2O3/c1-4-16-5-7-18(8-6-16)27-19(10-15(3)26-27)13-30-22-20(24)11-17(12-21(22)25)9-14(2)23(28)29/h5-8,10-12,14H,4,9,13H2,1-3H3,(H,28,29)/t14-/m1/s1. The van der Waals surface area contributed by atoms with Crippen LogP contribution in [0.1, 0.15) is 36.4 Å². The maximum atomic E-state index is 14.4.